The van der Waals surface area contributed by atoms with E-state index in [0.717, 1.165) is 10.2 Å². The van der Waals surface area contributed by atoms with E-state index < -0.39 is 11.9 Å². The molecule has 0 fully saturated rings. The van der Waals surface area contributed by atoms with Crippen LogP contribution in [0.3, 0.4) is 0 Å². The molecular weight excluding hydrogens is 385 g/mol. The van der Waals surface area contributed by atoms with Crippen LogP contribution in [0.25, 0.3) is 0 Å². The van der Waals surface area contributed by atoms with E-state index in [9.17, 15) is 18.0 Å². The molecule has 10 heteroatoms. The summed E-state index contributed by atoms with van der Waals surface area (Å²) in [6, 6.07) is 7.31. The Morgan fingerprint density at radius 3 is 2.62 bits per heavy atom. The first kappa shape index (κ1) is 22.3. The number of alkyl halides is 3. The SMILES string of the molecule is CN=C(NCCc1cccc(C(=O)N(C)C)c1)NCc1cn(C)nc1C(F)(F)F. The van der Waals surface area contributed by atoms with Crippen molar-refractivity contribution in [3.63, 3.8) is 0 Å². The average Bonchev–Trinajstić information content (AvgIpc) is 3.05. The molecule has 1 aromatic heterocycles. The molecule has 2 N–H and O–H groups in total. The maximum absolute atomic E-state index is 13.0. The summed E-state index contributed by atoms with van der Waals surface area (Å²) in [6.07, 6.45) is -2.56. The molecule has 7 nitrogen and oxygen atoms in total. The fourth-order valence-corrected chi connectivity index (χ4v) is 2.75. The topological polar surface area (TPSA) is 74.6 Å². The van der Waals surface area contributed by atoms with Crippen LogP contribution >= 0.6 is 0 Å². The molecule has 0 saturated heterocycles. The number of rotatable bonds is 6. The van der Waals surface area contributed by atoms with E-state index in [-0.39, 0.29) is 18.0 Å². The molecule has 1 amide bonds. The lowest BCUT2D eigenvalue weighted by atomic mass is 10.1. The van der Waals surface area contributed by atoms with Gasteiger partial charge in [0.25, 0.3) is 5.91 Å². The average molecular weight is 410 g/mol. The Morgan fingerprint density at radius 2 is 2.00 bits per heavy atom. The highest BCUT2D eigenvalue weighted by Gasteiger charge is 2.36. The number of benzene rings is 1. The predicted molar refractivity (Wildman–Crippen MR) is 105 cm³/mol. The summed E-state index contributed by atoms with van der Waals surface area (Å²) in [6.45, 7) is 0.438. The second-order valence-electron chi connectivity index (χ2n) is 6.68. The molecule has 0 spiro atoms. The van der Waals surface area contributed by atoms with E-state index in [1.165, 1.54) is 18.1 Å². The molecule has 0 aliphatic heterocycles. The number of halogens is 3. The Kier molecular flexibility index (Phi) is 7.24. The number of aromatic nitrogens is 2. The van der Waals surface area contributed by atoms with Gasteiger partial charge in [0, 0.05) is 58.6 Å². The number of hydrogen-bond donors (Lipinski definition) is 2. The lowest BCUT2D eigenvalue weighted by Gasteiger charge is -2.13. The predicted octanol–water partition coefficient (Wildman–Crippen LogP) is 2.05. The minimum absolute atomic E-state index is 0.0397. The van der Waals surface area contributed by atoms with Crippen LogP contribution in [0.15, 0.2) is 35.5 Å². The molecule has 1 heterocycles. The largest absolute Gasteiger partial charge is 0.435 e. The number of amides is 1. The highest BCUT2D eigenvalue weighted by molar-refractivity contribution is 5.94. The van der Waals surface area contributed by atoms with Crippen molar-refractivity contribution in [1.82, 2.24) is 25.3 Å². The van der Waals surface area contributed by atoms with Gasteiger partial charge < -0.3 is 15.5 Å². The van der Waals surface area contributed by atoms with Gasteiger partial charge in [-0.1, -0.05) is 12.1 Å². The van der Waals surface area contributed by atoms with Gasteiger partial charge in [0.15, 0.2) is 11.7 Å². The number of aliphatic imine (C=N–C) groups is 1. The van der Waals surface area contributed by atoms with Crippen LogP contribution in [0.1, 0.15) is 27.2 Å². The Morgan fingerprint density at radius 1 is 1.28 bits per heavy atom. The maximum atomic E-state index is 13.0. The van der Waals surface area contributed by atoms with Gasteiger partial charge in [-0.25, -0.2) is 0 Å². The van der Waals surface area contributed by atoms with E-state index in [1.807, 2.05) is 18.2 Å². The standard InChI is InChI=1S/C19H25F3N6O/c1-23-18(25-11-15-12-28(4)26-16(15)19(20,21)22)24-9-8-13-6-5-7-14(10-13)17(29)27(2)3/h5-7,10,12H,8-9,11H2,1-4H3,(H2,23,24,25). The summed E-state index contributed by atoms with van der Waals surface area (Å²) in [5.74, 6) is 0.303. The van der Waals surface area contributed by atoms with Crippen LogP contribution in [0.4, 0.5) is 13.2 Å². The minimum atomic E-state index is -4.51. The summed E-state index contributed by atoms with van der Waals surface area (Å²) in [5, 5.41) is 9.41. The van der Waals surface area contributed by atoms with Crippen LogP contribution in [0, 0.1) is 0 Å². The number of nitrogens with zero attached hydrogens (tertiary/aromatic N) is 4. The van der Waals surface area contributed by atoms with E-state index in [2.05, 4.69) is 20.7 Å². The first-order valence-electron chi connectivity index (χ1n) is 8.96. The Bertz CT molecular complexity index is 873. The summed E-state index contributed by atoms with van der Waals surface area (Å²) in [5.41, 5.74) is 0.696. The van der Waals surface area contributed by atoms with E-state index >= 15 is 0 Å². The fourth-order valence-electron chi connectivity index (χ4n) is 2.75. The smallest absolute Gasteiger partial charge is 0.356 e. The zero-order chi connectivity index (χ0) is 21.6. The third kappa shape index (κ3) is 6.23. The normalized spacial score (nSPS) is 12.0. The lowest BCUT2D eigenvalue weighted by Crippen LogP contribution is -2.38. The Balaban J connectivity index is 1.91. The summed E-state index contributed by atoms with van der Waals surface area (Å²) in [7, 11) is 6.37. The molecule has 0 radical (unpaired) electrons. The van der Waals surface area contributed by atoms with Crippen LogP contribution in [-0.4, -0.2) is 54.2 Å². The summed E-state index contributed by atoms with van der Waals surface area (Å²) in [4.78, 5) is 17.6. The fraction of sp³-hybridized carbons (Fsp3) is 0.421. The Hall–Kier alpha value is -3.04. The number of nitrogens with one attached hydrogen (secondary N) is 2. The molecule has 158 valence electrons. The van der Waals surface area contributed by atoms with E-state index in [1.54, 1.807) is 27.2 Å². The van der Waals surface area contributed by atoms with Crippen molar-refractivity contribution in [3.8, 4) is 0 Å². The minimum Gasteiger partial charge on any atom is -0.356 e. The molecule has 0 atom stereocenters. The number of hydrogen-bond acceptors (Lipinski definition) is 3. The highest BCUT2D eigenvalue weighted by Crippen LogP contribution is 2.30. The quantitative estimate of drug-likeness (QED) is 0.565. The van der Waals surface area contributed by atoms with Crippen LogP contribution in [0.5, 0.6) is 0 Å². The first-order valence-corrected chi connectivity index (χ1v) is 8.96. The van der Waals surface area contributed by atoms with Crippen molar-refractivity contribution in [2.45, 2.75) is 19.1 Å². The molecule has 0 aliphatic carbocycles. The Labute approximate surface area is 167 Å². The second-order valence-corrected chi connectivity index (χ2v) is 6.68. The zero-order valence-corrected chi connectivity index (χ0v) is 16.8. The van der Waals surface area contributed by atoms with Gasteiger partial charge in [-0.15, -0.1) is 0 Å². The summed E-state index contributed by atoms with van der Waals surface area (Å²) >= 11 is 0. The van der Waals surface area contributed by atoms with Crippen molar-refractivity contribution in [2.75, 3.05) is 27.7 Å². The van der Waals surface area contributed by atoms with Gasteiger partial charge in [-0.3, -0.25) is 14.5 Å². The van der Waals surface area contributed by atoms with Gasteiger partial charge in [0.05, 0.1) is 0 Å². The molecule has 0 bridgehead atoms. The molecular formula is C19H25F3N6O. The number of guanidine groups is 1. The van der Waals surface area contributed by atoms with Crippen molar-refractivity contribution in [2.24, 2.45) is 12.0 Å². The van der Waals surface area contributed by atoms with Gasteiger partial charge in [0.1, 0.15) is 0 Å². The van der Waals surface area contributed by atoms with Gasteiger partial charge >= 0.3 is 6.18 Å². The molecule has 0 aliphatic rings. The highest BCUT2D eigenvalue weighted by atomic mass is 19.4. The summed E-state index contributed by atoms with van der Waals surface area (Å²) < 4.78 is 40.2. The van der Waals surface area contributed by atoms with Gasteiger partial charge in [-0.2, -0.15) is 18.3 Å². The van der Waals surface area contributed by atoms with Crippen LogP contribution < -0.4 is 10.6 Å². The van der Waals surface area contributed by atoms with E-state index in [4.69, 9.17) is 0 Å². The number of carbonyl (C=O) groups is 1. The van der Waals surface area contributed by atoms with Crippen LogP contribution in [0.2, 0.25) is 0 Å². The first-order chi connectivity index (χ1) is 13.6. The number of aryl methyl sites for hydroxylation is 1. The van der Waals surface area contributed by atoms with Crippen molar-refractivity contribution in [1.29, 1.82) is 0 Å². The molecule has 0 unspecified atom stereocenters. The maximum Gasteiger partial charge on any atom is 0.435 e. The van der Waals surface area contributed by atoms with Gasteiger partial charge in [-0.05, 0) is 24.1 Å². The molecule has 1 aromatic carbocycles. The van der Waals surface area contributed by atoms with Gasteiger partial charge in [0.2, 0.25) is 0 Å². The third-order valence-corrected chi connectivity index (χ3v) is 4.13. The van der Waals surface area contributed by atoms with Crippen molar-refractivity contribution in [3.05, 3.63) is 52.8 Å². The molecule has 0 saturated carbocycles. The zero-order valence-electron chi connectivity index (χ0n) is 16.8. The monoisotopic (exact) mass is 410 g/mol. The number of carbonyl (C=O) groups excluding carboxylic acids is 1. The lowest BCUT2D eigenvalue weighted by molar-refractivity contribution is -0.142. The molecule has 29 heavy (non-hydrogen) atoms. The van der Waals surface area contributed by atoms with E-state index in [0.29, 0.717) is 24.5 Å². The molecule has 2 aromatic rings. The molecule has 2 rings (SSSR count). The second kappa shape index (κ2) is 9.44. The van der Waals surface area contributed by atoms with Crippen molar-refractivity contribution >= 4 is 11.9 Å². The van der Waals surface area contributed by atoms with Crippen LogP contribution in [-0.2, 0) is 26.2 Å². The van der Waals surface area contributed by atoms with Crippen molar-refractivity contribution < 1.29 is 18.0 Å². The third-order valence-electron chi connectivity index (χ3n) is 4.13.